The molecule has 4 rings (SSSR count). The fourth-order valence-corrected chi connectivity index (χ4v) is 4.68. The molecule has 30 heavy (non-hydrogen) atoms. The van der Waals surface area contributed by atoms with Crippen molar-refractivity contribution in [2.45, 2.75) is 12.1 Å². The highest BCUT2D eigenvalue weighted by Crippen LogP contribution is 2.33. The molecule has 0 spiro atoms. The molecule has 152 valence electrons. The molecule has 0 fully saturated rings. The number of nitrogens with zero attached hydrogens (tertiary/aromatic N) is 3. The van der Waals surface area contributed by atoms with Crippen LogP contribution in [0.3, 0.4) is 0 Å². The van der Waals surface area contributed by atoms with Crippen LogP contribution >= 0.6 is 23.3 Å². The largest absolute Gasteiger partial charge is 0.497 e. The van der Waals surface area contributed by atoms with Gasteiger partial charge in [-0.25, -0.2) is 15.2 Å². The van der Waals surface area contributed by atoms with Gasteiger partial charge in [-0.1, -0.05) is 30.3 Å². The zero-order valence-corrected chi connectivity index (χ0v) is 17.9. The van der Waals surface area contributed by atoms with Crippen LogP contribution in [0.5, 0.6) is 5.75 Å². The summed E-state index contributed by atoms with van der Waals surface area (Å²) in [4.78, 5) is 30.6. The summed E-state index contributed by atoms with van der Waals surface area (Å²) in [5.74, 6) is 6.12. The van der Waals surface area contributed by atoms with E-state index in [-0.39, 0.29) is 11.5 Å². The van der Waals surface area contributed by atoms with Crippen molar-refractivity contribution >= 4 is 39.4 Å². The van der Waals surface area contributed by atoms with Gasteiger partial charge in [0.15, 0.2) is 5.16 Å². The van der Waals surface area contributed by atoms with Gasteiger partial charge in [-0.15, -0.1) is 11.3 Å². The van der Waals surface area contributed by atoms with Gasteiger partial charge >= 0.3 is 0 Å². The summed E-state index contributed by atoms with van der Waals surface area (Å²) in [5.41, 5.74) is 2.13. The molecule has 0 unspecified atom stereocenters. The average Bonchev–Trinajstić information content (AvgIpc) is 3.19. The van der Waals surface area contributed by atoms with E-state index in [1.165, 1.54) is 22.8 Å². The van der Waals surface area contributed by atoms with Gasteiger partial charge in [0, 0.05) is 29.8 Å². The molecule has 0 saturated heterocycles. The van der Waals surface area contributed by atoms with Gasteiger partial charge < -0.3 is 4.74 Å². The normalized spacial score (nSPS) is 10.9. The molecule has 4 aromatic rings. The van der Waals surface area contributed by atoms with E-state index in [2.05, 4.69) is 4.98 Å². The van der Waals surface area contributed by atoms with E-state index in [9.17, 15) is 9.59 Å². The Morgan fingerprint density at radius 1 is 1.17 bits per heavy atom. The van der Waals surface area contributed by atoms with E-state index in [1.807, 2.05) is 35.7 Å². The van der Waals surface area contributed by atoms with Crippen LogP contribution in [0.2, 0.25) is 0 Å². The van der Waals surface area contributed by atoms with Crippen LogP contribution in [-0.4, -0.2) is 27.0 Å². The molecular formula is C21H18N4O3S2. The van der Waals surface area contributed by atoms with Crippen LogP contribution < -0.4 is 16.1 Å². The van der Waals surface area contributed by atoms with Crippen LogP contribution in [-0.2, 0) is 4.79 Å². The number of benzene rings is 2. The number of rotatable bonds is 5. The summed E-state index contributed by atoms with van der Waals surface area (Å²) >= 11 is 2.29. The second kappa shape index (κ2) is 8.31. The number of amides is 1. The zero-order chi connectivity index (χ0) is 21.3. The Morgan fingerprint density at radius 2 is 1.87 bits per heavy atom. The van der Waals surface area contributed by atoms with Gasteiger partial charge in [-0.05, 0) is 29.8 Å². The summed E-state index contributed by atoms with van der Waals surface area (Å²) in [6.07, 6.45) is 0. The number of fused-ring (bicyclic) bond motifs is 1. The fourth-order valence-electron chi connectivity index (χ4n) is 2.97. The first-order valence-electron chi connectivity index (χ1n) is 8.97. The van der Waals surface area contributed by atoms with Crippen molar-refractivity contribution in [3.05, 3.63) is 70.3 Å². The quantitative estimate of drug-likeness (QED) is 0.167. The van der Waals surface area contributed by atoms with Gasteiger partial charge in [-0.3, -0.25) is 14.2 Å². The van der Waals surface area contributed by atoms with Crippen LogP contribution in [0.15, 0.2) is 69.9 Å². The lowest BCUT2D eigenvalue weighted by Gasteiger charge is -2.16. The number of carbonyl (C=O) groups excluding carboxylic acids is 1. The maximum absolute atomic E-state index is 13.7. The number of hydrogen-bond acceptors (Lipinski definition) is 7. The summed E-state index contributed by atoms with van der Waals surface area (Å²) in [6.45, 7) is 1.35. The van der Waals surface area contributed by atoms with E-state index in [4.69, 9.17) is 10.6 Å². The lowest BCUT2D eigenvalue weighted by molar-refractivity contribution is -0.124. The van der Waals surface area contributed by atoms with E-state index >= 15 is 0 Å². The molecule has 2 heterocycles. The SMILES string of the molecule is COc1ccc(-n2c(SN(N)C(C)=O)nc3scc(-c4ccccc4)c3c2=O)cc1. The molecule has 1 amide bonds. The fraction of sp³-hybridized carbons (Fsp3) is 0.0952. The molecule has 0 aliphatic carbocycles. The first kappa shape index (κ1) is 20.1. The Bertz CT molecular complexity index is 1270. The molecule has 7 nitrogen and oxygen atoms in total. The van der Waals surface area contributed by atoms with Crippen molar-refractivity contribution in [2.24, 2.45) is 5.84 Å². The molecule has 0 atom stereocenters. The van der Waals surface area contributed by atoms with Crippen molar-refractivity contribution in [3.63, 3.8) is 0 Å². The molecule has 9 heteroatoms. The number of thiophene rings is 1. The lowest BCUT2D eigenvalue weighted by Crippen LogP contribution is -2.30. The third-order valence-electron chi connectivity index (χ3n) is 4.48. The van der Waals surface area contributed by atoms with Gasteiger partial charge in [0.2, 0.25) is 5.91 Å². The Kier molecular flexibility index (Phi) is 5.58. The minimum atomic E-state index is -0.355. The predicted molar refractivity (Wildman–Crippen MR) is 120 cm³/mol. The third-order valence-corrected chi connectivity index (χ3v) is 6.25. The van der Waals surface area contributed by atoms with Crippen molar-refractivity contribution in [1.82, 2.24) is 14.0 Å². The topological polar surface area (TPSA) is 90.4 Å². The van der Waals surface area contributed by atoms with Crippen molar-refractivity contribution in [2.75, 3.05) is 7.11 Å². The first-order valence-corrected chi connectivity index (χ1v) is 10.6. The number of ether oxygens (including phenoxy) is 1. The Morgan fingerprint density at radius 3 is 2.50 bits per heavy atom. The lowest BCUT2D eigenvalue weighted by atomic mass is 10.1. The number of aromatic nitrogens is 2. The zero-order valence-electron chi connectivity index (χ0n) is 16.2. The van der Waals surface area contributed by atoms with Gasteiger partial charge in [0.05, 0.1) is 18.2 Å². The maximum atomic E-state index is 13.7. The second-order valence-corrected chi connectivity index (χ2v) is 8.16. The number of hydrazine groups is 1. The maximum Gasteiger partial charge on any atom is 0.268 e. The molecule has 0 aliphatic rings. The first-order chi connectivity index (χ1) is 14.5. The molecule has 0 saturated carbocycles. The minimum absolute atomic E-state index is 0.232. The van der Waals surface area contributed by atoms with Crippen molar-refractivity contribution in [1.29, 1.82) is 0 Å². The van der Waals surface area contributed by atoms with Gasteiger partial charge in [0.25, 0.3) is 5.56 Å². The molecule has 0 aliphatic heterocycles. The third kappa shape index (κ3) is 3.70. The van der Waals surface area contributed by atoms with E-state index in [0.717, 1.165) is 27.5 Å². The number of carbonyl (C=O) groups is 1. The monoisotopic (exact) mass is 438 g/mol. The van der Waals surface area contributed by atoms with E-state index in [1.54, 1.807) is 31.4 Å². The van der Waals surface area contributed by atoms with Crippen LogP contribution in [0, 0.1) is 0 Å². The predicted octanol–water partition coefficient (Wildman–Crippen LogP) is 3.85. The summed E-state index contributed by atoms with van der Waals surface area (Å²) < 4.78 is 7.64. The molecule has 0 radical (unpaired) electrons. The summed E-state index contributed by atoms with van der Waals surface area (Å²) in [5, 5.41) is 2.75. The molecule has 0 bridgehead atoms. The summed E-state index contributed by atoms with van der Waals surface area (Å²) in [7, 11) is 1.58. The van der Waals surface area contributed by atoms with Crippen LogP contribution in [0.25, 0.3) is 27.0 Å². The molecule has 2 aromatic carbocycles. The van der Waals surface area contributed by atoms with Crippen molar-refractivity contribution < 1.29 is 9.53 Å². The van der Waals surface area contributed by atoms with E-state index in [0.29, 0.717) is 26.8 Å². The number of methoxy groups -OCH3 is 1. The molecule has 2 N–H and O–H groups in total. The Labute approximate surface area is 180 Å². The van der Waals surface area contributed by atoms with Gasteiger partial charge in [0.1, 0.15) is 10.6 Å². The number of hydrogen-bond donors (Lipinski definition) is 1. The Hall–Kier alpha value is -3.14. The highest BCUT2D eigenvalue weighted by Gasteiger charge is 2.20. The van der Waals surface area contributed by atoms with E-state index < -0.39 is 0 Å². The minimum Gasteiger partial charge on any atom is -0.497 e. The molecule has 2 aromatic heterocycles. The molecular weight excluding hydrogens is 420 g/mol. The Balaban J connectivity index is 1.97. The standard InChI is InChI=1S/C21H18N4O3S2/c1-13(26)25(22)30-21-23-19-18(17(12-29-19)14-6-4-3-5-7-14)20(27)24(21)15-8-10-16(28-2)11-9-15/h3-12H,22H2,1-2H3. The highest BCUT2D eigenvalue weighted by atomic mass is 32.2. The average molecular weight is 439 g/mol. The van der Waals surface area contributed by atoms with Gasteiger partial charge in [-0.2, -0.15) is 0 Å². The van der Waals surface area contributed by atoms with Crippen LogP contribution in [0.1, 0.15) is 6.92 Å². The number of nitrogens with two attached hydrogens (primary N) is 1. The van der Waals surface area contributed by atoms with Crippen LogP contribution in [0.4, 0.5) is 0 Å². The second-order valence-electron chi connectivity index (χ2n) is 6.36. The summed E-state index contributed by atoms with van der Waals surface area (Å²) in [6, 6.07) is 16.8. The highest BCUT2D eigenvalue weighted by molar-refractivity contribution is 7.97. The smallest absolute Gasteiger partial charge is 0.268 e. The van der Waals surface area contributed by atoms with Crippen molar-refractivity contribution in [3.8, 4) is 22.6 Å².